The molecular formula is C16H18O3. The smallest absolute Gasteiger partial charge is 0.122 e. The van der Waals surface area contributed by atoms with Crippen molar-refractivity contribution in [3.63, 3.8) is 0 Å². The fourth-order valence-electron chi connectivity index (χ4n) is 2.02. The van der Waals surface area contributed by atoms with Crippen LogP contribution in [-0.4, -0.2) is 19.3 Å². The van der Waals surface area contributed by atoms with Gasteiger partial charge >= 0.3 is 0 Å². The third-order valence-electron chi connectivity index (χ3n) is 3.11. The van der Waals surface area contributed by atoms with Crippen molar-refractivity contribution >= 4 is 0 Å². The summed E-state index contributed by atoms with van der Waals surface area (Å²) in [6.45, 7) is 0. The first-order chi connectivity index (χ1) is 9.22. The highest BCUT2D eigenvalue weighted by Crippen LogP contribution is 2.25. The van der Waals surface area contributed by atoms with Crippen molar-refractivity contribution in [3.05, 3.63) is 53.6 Å². The molecule has 0 bridgehead atoms. The molecule has 0 radical (unpaired) electrons. The standard InChI is InChI=1S/C16H18O3/c1-18-15-9-10-16(19-2)13(11-15)6-3-12-4-7-14(17)8-5-12/h4-5,7-11,17H,3,6H2,1-2H3. The quantitative estimate of drug-likeness (QED) is 0.895. The minimum Gasteiger partial charge on any atom is -0.508 e. The highest BCUT2D eigenvalue weighted by Gasteiger charge is 2.05. The molecule has 0 unspecified atom stereocenters. The summed E-state index contributed by atoms with van der Waals surface area (Å²) in [4.78, 5) is 0. The lowest BCUT2D eigenvalue weighted by Gasteiger charge is -2.10. The number of phenols is 1. The molecule has 2 aromatic carbocycles. The van der Waals surface area contributed by atoms with Gasteiger partial charge in [0.05, 0.1) is 14.2 Å². The minimum atomic E-state index is 0.294. The van der Waals surface area contributed by atoms with Gasteiger partial charge in [-0.15, -0.1) is 0 Å². The van der Waals surface area contributed by atoms with Gasteiger partial charge in [0, 0.05) is 0 Å². The van der Waals surface area contributed by atoms with E-state index in [1.807, 2.05) is 30.3 Å². The van der Waals surface area contributed by atoms with E-state index in [9.17, 15) is 5.11 Å². The third kappa shape index (κ3) is 3.41. The highest BCUT2D eigenvalue weighted by atomic mass is 16.5. The SMILES string of the molecule is COc1ccc(OC)c(CCc2ccc(O)cc2)c1. The van der Waals surface area contributed by atoms with Crippen LogP contribution in [0.25, 0.3) is 0 Å². The summed E-state index contributed by atoms with van der Waals surface area (Å²) < 4.78 is 10.6. The normalized spacial score (nSPS) is 10.2. The van der Waals surface area contributed by atoms with Gasteiger partial charge in [-0.25, -0.2) is 0 Å². The Morgan fingerprint density at radius 3 is 2.26 bits per heavy atom. The summed E-state index contributed by atoms with van der Waals surface area (Å²) >= 11 is 0. The van der Waals surface area contributed by atoms with Crippen LogP contribution in [0.4, 0.5) is 0 Å². The van der Waals surface area contributed by atoms with Crippen LogP contribution in [0.2, 0.25) is 0 Å². The van der Waals surface area contributed by atoms with Crippen LogP contribution in [0.3, 0.4) is 0 Å². The van der Waals surface area contributed by atoms with E-state index in [0.717, 1.165) is 29.9 Å². The molecular weight excluding hydrogens is 240 g/mol. The number of benzene rings is 2. The Balaban J connectivity index is 2.11. The van der Waals surface area contributed by atoms with Gasteiger partial charge in [-0.1, -0.05) is 12.1 Å². The average Bonchev–Trinajstić information content (AvgIpc) is 2.46. The number of aromatic hydroxyl groups is 1. The third-order valence-corrected chi connectivity index (χ3v) is 3.11. The predicted molar refractivity (Wildman–Crippen MR) is 75.1 cm³/mol. The molecule has 19 heavy (non-hydrogen) atoms. The monoisotopic (exact) mass is 258 g/mol. The molecule has 0 aliphatic heterocycles. The lowest BCUT2D eigenvalue weighted by atomic mass is 10.0. The van der Waals surface area contributed by atoms with Crippen LogP contribution in [0.5, 0.6) is 17.2 Å². The molecule has 0 aliphatic rings. The molecule has 0 saturated heterocycles. The van der Waals surface area contributed by atoms with Crippen molar-refractivity contribution in [2.75, 3.05) is 14.2 Å². The molecule has 0 aromatic heterocycles. The van der Waals surface area contributed by atoms with Gasteiger partial charge in [-0.3, -0.25) is 0 Å². The van der Waals surface area contributed by atoms with E-state index >= 15 is 0 Å². The summed E-state index contributed by atoms with van der Waals surface area (Å²) in [7, 11) is 3.33. The summed E-state index contributed by atoms with van der Waals surface area (Å²) in [5, 5.41) is 9.26. The number of rotatable bonds is 5. The zero-order chi connectivity index (χ0) is 13.7. The van der Waals surface area contributed by atoms with Crippen LogP contribution in [0, 0.1) is 0 Å². The first kappa shape index (κ1) is 13.3. The Morgan fingerprint density at radius 1 is 0.895 bits per heavy atom. The summed E-state index contributed by atoms with van der Waals surface area (Å²) in [6.07, 6.45) is 1.76. The molecule has 1 N–H and O–H groups in total. The molecule has 0 saturated carbocycles. The van der Waals surface area contributed by atoms with E-state index in [1.54, 1.807) is 26.4 Å². The Kier molecular flexibility index (Phi) is 4.29. The van der Waals surface area contributed by atoms with E-state index in [1.165, 1.54) is 5.56 Å². The summed E-state index contributed by atoms with van der Waals surface area (Å²) in [6, 6.07) is 13.1. The number of phenolic OH excluding ortho intramolecular Hbond substituents is 1. The summed E-state index contributed by atoms with van der Waals surface area (Å²) in [5.41, 5.74) is 2.30. The maximum atomic E-state index is 9.26. The number of hydrogen-bond donors (Lipinski definition) is 1. The zero-order valence-electron chi connectivity index (χ0n) is 11.2. The molecule has 0 atom stereocenters. The van der Waals surface area contributed by atoms with E-state index in [4.69, 9.17) is 9.47 Å². The van der Waals surface area contributed by atoms with Crippen molar-refractivity contribution in [3.8, 4) is 17.2 Å². The Labute approximate surface area is 113 Å². The topological polar surface area (TPSA) is 38.7 Å². The van der Waals surface area contributed by atoms with Crippen LogP contribution in [0.1, 0.15) is 11.1 Å². The van der Waals surface area contributed by atoms with Gasteiger partial charge in [-0.05, 0) is 54.3 Å². The van der Waals surface area contributed by atoms with Crippen LogP contribution in [-0.2, 0) is 12.8 Å². The Morgan fingerprint density at radius 2 is 1.63 bits per heavy atom. The van der Waals surface area contributed by atoms with Crippen molar-refractivity contribution in [2.45, 2.75) is 12.8 Å². The van der Waals surface area contributed by atoms with Gasteiger partial charge in [0.25, 0.3) is 0 Å². The van der Waals surface area contributed by atoms with Gasteiger partial charge in [0.2, 0.25) is 0 Å². The first-order valence-electron chi connectivity index (χ1n) is 6.21. The average molecular weight is 258 g/mol. The minimum absolute atomic E-state index is 0.294. The molecule has 100 valence electrons. The maximum Gasteiger partial charge on any atom is 0.122 e. The van der Waals surface area contributed by atoms with Gasteiger partial charge < -0.3 is 14.6 Å². The van der Waals surface area contributed by atoms with Gasteiger partial charge in [-0.2, -0.15) is 0 Å². The summed E-state index contributed by atoms with van der Waals surface area (Å²) in [5.74, 6) is 2.00. The molecule has 0 spiro atoms. The molecule has 2 aromatic rings. The van der Waals surface area contributed by atoms with Crippen LogP contribution < -0.4 is 9.47 Å². The van der Waals surface area contributed by atoms with Crippen LogP contribution >= 0.6 is 0 Å². The predicted octanol–water partition coefficient (Wildman–Crippen LogP) is 3.19. The van der Waals surface area contributed by atoms with E-state index in [2.05, 4.69) is 0 Å². The number of methoxy groups -OCH3 is 2. The number of hydrogen-bond acceptors (Lipinski definition) is 3. The van der Waals surface area contributed by atoms with Gasteiger partial charge in [0.1, 0.15) is 17.2 Å². The van der Waals surface area contributed by atoms with Crippen molar-refractivity contribution in [1.29, 1.82) is 0 Å². The second-order valence-corrected chi connectivity index (χ2v) is 4.34. The van der Waals surface area contributed by atoms with Crippen molar-refractivity contribution in [1.82, 2.24) is 0 Å². The molecule has 2 rings (SSSR count). The first-order valence-corrected chi connectivity index (χ1v) is 6.21. The second-order valence-electron chi connectivity index (χ2n) is 4.34. The van der Waals surface area contributed by atoms with E-state index in [0.29, 0.717) is 5.75 Å². The maximum absolute atomic E-state index is 9.26. The molecule has 0 fully saturated rings. The molecule has 3 nitrogen and oxygen atoms in total. The Bertz CT molecular complexity index is 532. The van der Waals surface area contributed by atoms with Crippen LogP contribution in [0.15, 0.2) is 42.5 Å². The van der Waals surface area contributed by atoms with Crippen molar-refractivity contribution < 1.29 is 14.6 Å². The Hall–Kier alpha value is -2.16. The fraction of sp³-hybridized carbons (Fsp3) is 0.250. The zero-order valence-corrected chi connectivity index (χ0v) is 11.2. The van der Waals surface area contributed by atoms with Gasteiger partial charge in [0.15, 0.2) is 0 Å². The molecule has 0 amide bonds. The van der Waals surface area contributed by atoms with E-state index < -0.39 is 0 Å². The highest BCUT2D eigenvalue weighted by molar-refractivity contribution is 5.41. The molecule has 3 heteroatoms. The molecule has 0 aliphatic carbocycles. The molecule has 0 heterocycles. The lowest BCUT2D eigenvalue weighted by Crippen LogP contribution is -1.96. The lowest BCUT2D eigenvalue weighted by molar-refractivity contribution is 0.398. The number of aryl methyl sites for hydroxylation is 2. The van der Waals surface area contributed by atoms with E-state index in [-0.39, 0.29) is 0 Å². The second kappa shape index (κ2) is 6.14. The number of ether oxygens (including phenoxy) is 2. The fourth-order valence-corrected chi connectivity index (χ4v) is 2.02. The van der Waals surface area contributed by atoms with Crippen molar-refractivity contribution in [2.24, 2.45) is 0 Å². The largest absolute Gasteiger partial charge is 0.508 e.